The van der Waals surface area contributed by atoms with Crippen molar-refractivity contribution in [3.8, 4) is 0 Å². The molecule has 0 radical (unpaired) electrons. The molecular formula is C15H26N2O. The van der Waals surface area contributed by atoms with Crippen LogP contribution in [0.3, 0.4) is 0 Å². The van der Waals surface area contributed by atoms with Crippen LogP contribution in [0.2, 0.25) is 0 Å². The van der Waals surface area contributed by atoms with Crippen molar-refractivity contribution in [2.75, 3.05) is 19.6 Å². The van der Waals surface area contributed by atoms with E-state index in [9.17, 15) is 4.79 Å². The smallest absolute Gasteiger partial charge is 0.220 e. The molecule has 1 amide bonds. The fourth-order valence-electron chi connectivity index (χ4n) is 3.05. The van der Waals surface area contributed by atoms with E-state index in [0.29, 0.717) is 18.4 Å². The first-order valence-electron chi connectivity index (χ1n) is 7.47. The molecule has 2 rings (SSSR count). The van der Waals surface area contributed by atoms with Crippen molar-refractivity contribution in [3.05, 3.63) is 12.2 Å². The van der Waals surface area contributed by atoms with Crippen LogP contribution in [0.5, 0.6) is 0 Å². The highest BCUT2D eigenvalue weighted by Gasteiger charge is 2.21. The Kier molecular flexibility index (Phi) is 5.24. The fraction of sp³-hybridized carbons (Fsp3) is 0.800. The third-order valence-corrected chi connectivity index (χ3v) is 4.22. The van der Waals surface area contributed by atoms with Crippen LogP contribution in [-0.2, 0) is 4.79 Å². The number of carbonyl (C=O) groups excluding carboxylic acids is 1. The van der Waals surface area contributed by atoms with E-state index < -0.39 is 0 Å². The van der Waals surface area contributed by atoms with Gasteiger partial charge in [-0.25, -0.2) is 0 Å². The van der Waals surface area contributed by atoms with Gasteiger partial charge in [0.25, 0.3) is 0 Å². The summed E-state index contributed by atoms with van der Waals surface area (Å²) in [6.07, 6.45) is 11.1. The minimum absolute atomic E-state index is 0.226. The molecule has 1 saturated heterocycles. The Balaban J connectivity index is 1.68. The lowest BCUT2D eigenvalue weighted by molar-refractivity contribution is -0.121. The summed E-state index contributed by atoms with van der Waals surface area (Å²) in [5.74, 6) is 0.709. The first kappa shape index (κ1) is 13.6. The van der Waals surface area contributed by atoms with E-state index in [2.05, 4.69) is 29.3 Å². The molecule has 1 heterocycles. The van der Waals surface area contributed by atoms with Gasteiger partial charge >= 0.3 is 0 Å². The van der Waals surface area contributed by atoms with Gasteiger partial charge in [-0.3, -0.25) is 9.69 Å². The van der Waals surface area contributed by atoms with Crippen molar-refractivity contribution < 1.29 is 4.79 Å². The first-order valence-corrected chi connectivity index (χ1v) is 7.47. The molecule has 1 N–H and O–H groups in total. The van der Waals surface area contributed by atoms with Gasteiger partial charge in [0.2, 0.25) is 5.91 Å². The number of likely N-dealkylation sites (tertiary alicyclic amines) is 1. The minimum Gasteiger partial charge on any atom is -0.355 e. The molecule has 0 bridgehead atoms. The van der Waals surface area contributed by atoms with Gasteiger partial charge in [0, 0.05) is 19.0 Å². The van der Waals surface area contributed by atoms with E-state index in [4.69, 9.17) is 0 Å². The molecule has 2 aliphatic rings. The molecule has 0 aromatic heterocycles. The molecule has 2 atom stereocenters. The number of allylic oxidation sites excluding steroid dienone is 2. The summed E-state index contributed by atoms with van der Waals surface area (Å²) in [6, 6.07) is 0.538. The van der Waals surface area contributed by atoms with E-state index >= 15 is 0 Å². The average molecular weight is 250 g/mol. The molecule has 1 aliphatic carbocycles. The Morgan fingerprint density at radius 3 is 2.83 bits per heavy atom. The summed E-state index contributed by atoms with van der Waals surface area (Å²) in [5, 5.41) is 3.12. The van der Waals surface area contributed by atoms with Crippen LogP contribution in [0.15, 0.2) is 12.2 Å². The summed E-state index contributed by atoms with van der Waals surface area (Å²) >= 11 is 0. The number of rotatable bonds is 6. The van der Waals surface area contributed by atoms with E-state index in [0.717, 1.165) is 25.8 Å². The lowest BCUT2D eigenvalue weighted by atomic mass is 10.0. The molecule has 1 aliphatic heterocycles. The molecule has 0 saturated carbocycles. The largest absolute Gasteiger partial charge is 0.355 e. The lowest BCUT2D eigenvalue weighted by Crippen LogP contribution is -2.42. The van der Waals surface area contributed by atoms with Crippen LogP contribution in [0.25, 0.3) is 0 Å². The summed E-state index contributed by atoms with van der Waals surface area (Å²) in [5.41, 5.74) is 0. The van der Waals surface area contributed by atoms with Gasteiger partial charge in [-0.05, 0) is 51.1 Å². The molecule has 0 spiro atoms. The van der Waals surface area contributed by atoms with Crippen LogP contribution < -0.4 is 5.32 Å². The number of carbonyl (C=O) groups is 1. The molecule has 102 valence electrons. The van der Waals surface area contributed by atoms with Crippen molar-refractivity contribution in [1.82, 2.24) is 10.2 Å². The summed E-state index contributed by atoms with van der Waals surface area (Å²) in [4.78, 5) is 14.4. The van der Waals surface area contributed by atoms with Gasteiger partial charge in [-0.1, -0.05) is 19.1 Å². The maximum absolute atomic E-state index is 11.9. The Bertz CT molecular complexity index is 295. The Labute approximate surface area is 111 Å². The second-order valence-corrected chi connectivity index (χ2v) is 5.58. The van der Waals surface area contributed by atoms with Gasteiger partial charge in [0.1, 0.15) is 0 Å². The normalized spacial score (nSPS) is 25.5. The summed E-state index contributed by atoms with van der Waals surface area (Å²) in [7, 11) is 0. The Hall–Kier alpha value is -0.830. The van der Waals surface area contributed by atoms with E-state index in [1.807, 2.05) is 0 Å². The van der Waals surface area contributed by atoms with Crippen molar-refractivity contribution in [1.29, 1.82) is 0 Å². The highest BCUT2D eigenvalue weighted by Crippen LogP contribution is 2.20. The second kappa shape index (κ2) is 6.93. The molecule has 3 nitrogen and oxygen atoms in total. The second-order valence-electron chi connectivity index (χ2n) is 5.58. The molecule has 0 aromatic rings. The highest BCUT2D eigenvalue weighted by atomic mass is 16.1. The van der Waals surface area contributed by atoms with Crippen molar-refractivity contribution in [3.63, 3.8) is 0 Å². The summed E-state index contributed by atoms with van der Waals surface area (Å²) in [6.45, 7) is 5.46. The number of amides is 1. The third kappa shape index (κ3) is 3.84. The molecule has 3 heteroatoms. The van der Waals surface area contributed by atoms with E-state index in [-0.39, 0.29) is 5.91 Å². The zero-order chi connectivity index (χ0) is 12.8. The number of nitrogens with zero attached hydrogens (tertiary/aromatic N) is 1. The van der Waals surface area contributed by atoms with Crippen LogP contribution in [0, 0.1) is 5.92 Å². The Morgan fingerprint density at radius 2 is 2.22 bits per heavy atom. The van der Waals surface area contributed by atoms with Crippen LogP contribution in [0.4, 0.5) is 0 Å². The lowest BCUT2D eigenvalue weighted by Gasteiger charge is -2.26. The highest BCUT2D eigenvalue weighted by molar-refractivity contribution is 5.76. The van der Waals surface area contributed by atoms with Crippen molar-refractivity contribution in [2.24, 2.45) is 5.92 Å². The monoisotopic (exact) mass is 250 g/mol. The van der Waals surface area contributed by atoms with Gasteiger partial charge in [0.15, 0.2) is 0 Å². The molecular weight excluding hydrogens is 224 g/mol. The molecule has 18 heavy (non-hydrogen) atoms. The quantitative estimate of drug-likeness (QED) is 0.734. The maximum Gasteiger partial charge on any atom is 0.220 e. The Morgan fingerprint density at radius 1 is 1.44 bits per heavy atom. The number of nitrogens with one attached hydrogen (secondary N) is 1. The molecule has 0 aromatic carbocycles. The zero-order valence-corrected chi connectivity index (χ0v) is 11.5. The van der Waals surface area contributed by atoms with Gasteiger partial charge in [0.05, 0.1) is 0 Å². The minimum atomic E-state index is 0.226. The third-order valence-electron chi connectivity index (χ3n) is 4.22. The number of hydrogen-bond donors (Lipinski definition) is 1. The topological polar surface area (TPSA) is 32.3 Å². The van der Waals surface area contributed by atoms with E-state index in [1.54, 1.807) is 0 Å². The standard InChI is InChI=1S/C15H26N2O/c1-2-14(17-9-5-6-10-17)12-16-15(18)11-13-7-3-4-8-13/h3,7,13-14H,2,4-6,8-12H2,1H3,(H,16,18)/t13-,14+/m1/s1. The van der Waals surface area contributed by atoms with Crippen LogP contribution >= 0.6 is 0 Å². The predicted molar refractivity (Wildman–Crippen MR) is 74.4 cm³/mol. The zero-order valence-electron chi connectivity index (χ0n) is 11.5. The van der Waals surface area contributed by atoms with Crippen LogP contribution in [0.1, 0.15) is 45.4 Å². The van der Waals surface area contributed by atoms with Gasteiger partial charge in [-0.2, -0.15) is 0 Å². The predicted octanol–water partition coefficient (Wildman–Crippen LogP) is 2.33. The molecule has 1 fully saturated rings. The summed E-state index contributed by atoms with van der Waals surface area (Å²) < 4.78 is 0. The maximum atomic E-state index is 11.9. The average Bonchev–Trinajstić information content (AvgIpc) is 3.02. The molecule has 0 unspecified atom stereocenters. The van der Waals surface area contributed by atoms with Crippen molar-refractivity contribution >= 4 is 5.91 Å². The fourth-order valence-corrected chi connectivity index (χ4v) is 3.05. The first-order chi connectivity index (χ1) is 8.79. The number of hydrogen-bond acceptors (Lipinski definition) is 2. The van der Waals surface area contributed by atoms with Crippen LogP contribution in [-0.4, -0.2) is 36.5 Å². The van der Waals surface area contributed by atoms with Gasteiger partial charge < -0.3 is 5.32 Å². The van der Waals surface area contributed by atoms with Gasteiger partial charge in [-0.15, -0.1) is 0 Å². The SMILES string of the molecule is CC[C@@H](CNC(=O)C[C@@H]1C=CCC1)N1CCCC1. The van der Waals surface area contributed by atoms with E-state index in [1.165, 1.54) is 25.9 Å². The van der Waals surface area contributed by atoms with Crippen molar-refractivity contribution in [2.45, 2.75) is 51.5 Å².